The van der Waals surface area contributed by atoms with Crippen molar-refractivity contribution in [2.24, 2.45) is 0 Å². The second-order valence-corrected chi connectivity index (χ2v) is 2.91. The van der Waals surface area contributed by atoms with Crippen LogP contribution in [-0.2, 0) is 4.79 Å². The summed E-state index contributed by atoms with van der Waals surface area (Å²) in [5, 5.41) is 0.310. The molecule has 0 aliphatic carbocycles. The molecule has 1 aromatic heterocycles. The third kappa shape index (κ3) is 1.55. The van der Waals surface area contributed by atoms with Crippen molar-refractivity contribution in [2.45, 2.75) is 0 Å². The van der Waals surface area contributed by atoms with E-state index in [9.17, 15) is 4.79 Å². The van der Waals surface area contributed by atoms with E-state index in [4.69, 9.17) is 11.6 Å². The molecule has 1 aromatic rings. The Bertz CT molecular complexity index is 264. The maximum Gasteiger partial charge on any atom is 0.255 e. The number of rotatable bonds is 1. The average Bonchev–Trinajstić information content (AvgIpc) is 1.88. The summed E-state index contributed by atoms with van der Waals surface area (Å²) < 4.78 is 0.747. The molecule has 0 spiro atoms. The standard InChI is InChI=1S/C6H2BrClNO/c7-4-1-5(8)6(3-10)9-2-4/h1-2H. The molecular formula is C6H2BrClNO. The molecule has 0 N–H and O–H groups in total. The molecule has 0 saturated carbocycles. The Morgan fingerprint density at radius 3 is 2.90 bits per heavy atom. The van der Waals surface area contributed by atoms with Crippen LogP contribution in [0.4, 0.5) is 0 Å². The van der Waals surface area contributed by atoms with Crippen LogP contribution < -0.4 is 0 Å². The first-order valence-corrected chi connectivity index (χ1v) is 3.60. The summed E-state index contributed by atoms with van der Waals surface area (Å²) in [4.78, 5) is 13.7. The third-order valence-electron chi connectivity index (χ3n) is 0.904. The summed E-state index contributed by atoms with van der Waals surface area (Å²) in [6.07, 6.45) is 3.10. The van der Waals surface area contributed by atoms with E-state index in [0.717, 1.165) is 4.47 Å². The number of halogens is 2. The number of aromatic nitrogens is 1. The van der Waals surface area contributed by atoms with Crippen molar-refractivity contribution >= 4 is 33.8 Å². The zero-order valence-electron chi connectivity index (χ0n) is 4.77. The highest BCUT2D eigenvalue weighted by atomic mass is 79.9. The maximum atomic E-state index is 10.1. The van der Waals surface area contributed by atoms with E-state index in [2.05, 4.69) is 20.9 Å². The van der Waals surface area contributed by atoms with Crippen LogP contribution in [0.15, 0.2) is 16.7 Å². The highest BCUT2D eigenvalue weighted by Crippen LogP contribution is 2.16. The van der Waals surface area contributed by atoms with E-state index in [0.29, 0.717) is 5.02 Å². The highest BCUT2D eigenvalue weighted by molar-refractivity contribution is 9.10. The van der Waals surface area contributed by atoms with Gasteiger partial charge in [0.25, 0.3) is 6.29 Å². The normalized spacial score (nSPS) is 9.40. The summed E-state index contributed by atoms with van der Waals surface area (Å²) in [6.45, 7) is 0. The van der Waals surface area contributed by atoms with Crippen molar-refractivity contribution in [3.05, 3.63) is 27.5 Å². The smallest absolute Gasteiger partial charge is 0.255 e. The molecule has 2 nitrogen and oxygen atoms in total. The fourth-order valence-electron chi connectivity index (χ4n) is 0.490. The van der Waals surface area contributed by atoms with Gasteiger partial charge in [0.1, 0.15) is 5.69 Å². The minimum Gasteiger partial charge on any atom is -0.283 e. The van der Waals surface area contributed by atoms with Gasteiger partial charge in [0, 0.05) is 10.7 Å². The van der Waals surface area contributed by atoms with Crippen molar-refractivity contribution in [3.63, 3.8) is 0 Å². The zero-order valence-corrected chi connectivity index (χ0v) is 7.11. The van der Waals surface area contributed by atoms with Crippen LogP contribution in [0.3, 0.4) is 0 Å². The molecule has 0 saturated heterocycles. The molecule has 1 heterocycles. The highest BCUT2D eigenvalue weighted by Gasteiger charge is 2.00. The Morgan fingerprint density at radius 2 is 2.40 bits per heavy atom. The summed E-state index contributed by atoms with van der Waals surface area (Å²) in [6, 6.07) is 1.59. The Balaban J connectivity index is 3.19. The van der Waals surface area contributed by atoms with E-state index in [1.54, 1.807) is 12.4 Å². The van der Waals surface area contributed by atoms with Crippen molar-refractivity contribution in [1.29, 1.82) is 0 Å². The average molecular weight is 219 g/mol. The summed E-state index contributed by atoms with van der Waals surface area (Å²) in [5.74, 6) is 0. The van der Waals surface area contributed by atoms with Gasteiger partial charge in [-0.15, -0.1) is 0 Å². The molecule has 1 radical (unpaired) electrons. The molecule has 0 bridgehead atoms. The Hall–Kier alpha value is -0.410. The molecule has 0 atom stereocenters. The van der Waals surface area contributed by atoms with Crippen molar-refractivity contribution in [2.75, 3.05) is 0 Å². The Kier molecular flexibility index (Phi) is 2.40. The lowest BCUT2D eigenvalue weighted by Gasteiger charge is -1.92. The second kappa shape index (κ2) is 3.12. The van der Waals surface area contributed by atoms with E-state index in [1.165, 1.54) is 6.20 Å². The van der Waals surface area contributed by atoms with Crippen molar-refractivity contribution in [3.8, 4) is 0 Å². The van der Waals surface area contributed by atoms with Gasteiger partial charge in [-0.3, -0.25) is 4.79 Å². The van der Waals surface area contributed by atoms with Gasteiger partial charge in [-0.2, -0.15) is 0 Å². The summed E-state index contributed by atoms with van der Waals surface area (Å²) in [7, 11) is 0. The minimum absolute atomic E-state index is 0.143. The molecule has 51 valence electrons. The monoisotopic (exact) mass is 218 g/mol. The predicted octanol–water partition coefficient (Wildman–Crippen LogP) is 1.96. The van der Waals surface area contributed by atoms with Gasteiger partial charge in [-0.1, -0.05) is 11.6 Å². The van der Waals surface area contributed by atoms with Gasteiger partial charge in [0.05, 0.1) is 5.02 Å². The van der Waals surface area contributed by atoms with Crippen LogP contribution in [0.1, 0.15) is 5.69 Å². The van der Waals surface area contributed by atoms with Crippen LogP contribution in [0.25, 0.3) is 0 Å². The summed E-state index contributed by atoms with van der Waals surface area (Å²) in [5.41, 5.74) is 0.143. The fraction of sp³-hybridized carbons (Fsp3) is 0. The molecular weight excluding hydrogens is 217 g/mol. The van der Waals surface area contributed by atoms with E-state index >= 15 is 0 Å². The molecule has 4 heteroatoms. The predicted molar refractivity (Wildman–Crippen MR) is 41.7 cm³/mol. The lowest BCUT2D eigenvalue weighted by atomic mass is 10.4. The van der Waals surface area contributed by atoms with Crippen molar-refractivity contribution < 1.29 is 4.79 Å². The molecule has 0 amide bonds. The van der Waals surface area contributed by atoms with Gasteiger partial charge in [0.2, 0.25) is 0 Å². The quantitative estimate of drug-likeness (QED) is 0.723. The fourth-order valence-corrected chi connectivity index (χ4v) is 1.16. The maximum absolute atomic E-state index is 10.1. The number of carbonyl (C=O) groups excluding carboxylic acids is 1. The van der Waals surface area contributed by atoms with E-state index in [-0.39, 0.29) is 5.69 Å². The third-order valence-corrected chi connectivity index (χ3v) is 1.63. The van der Waals surface area contributed by atoms with Gasteiger partial charge in [-0.25, -0.2) is 4.98 Å². The molecule has 1 rings (SSSR count). The zero-order chi connectivity index (χ0) is 7.56. The van der Waals surface area contributed by atoms with Gasteiger partial charge in [0.15, 0.2) is 0 Å². The number of pyridine rings is 1. The van der Waals surface area contributed by atoms with Crippen LogP contribution in [0, 0.1) is 0 Å². The lowest BCUT2D eigenvalue weighted by molar-refractivity contribution is 0.561. The van der Waals surface area contributed by atoms with E-state index in [1.807, 2.05) is 0 Å². The molecule has 0 aliphatic heterocycles. The first-order valence-electron chi connectivity index (χ1n) is 2.43. The Morgan fingerprint density at radius 1 is 1.70 bits per heavy atom. The Labute approximate surface area is 71.3 Å². The minimum atomic E-state index is 0.143. The van der Waals surface area contributed by atoms with Crippen LogP contribution in [-0.4, -0.2) is 11.3 Å². The first-order chi connectivity index (χ1) is 4.74. The SMILES string of the molecule is O=[C]c1ncc(Br)cc1Cl. The molecule has 0 aromatic carbocycles. The largest absolute Gasteiger partial charge is 0.283 e. The summed E-state index contributed by atoms with van der Waals surface area (Å²) >= 11 is 8.72. The van der Waals surface area contributed by atoms with Crippen LogP contribution >= 0.6 is 27.5 Å². The van der Waals surface area contributed by atoms with Gasteiger partial charge >= 0.3 is 0 Å². The lowest BCUT2D eigenvalue weighted by Crippen LogP contribution is -1.86. The number of nitrogens with zero attached hydrogens (tertiary/aromatic N) is 1. The topological polar surface area (TPSA) is 30.0 Å². The second-order valence-electron chi connectivity index (χ2n) is 1.59. The molecule has 0 fully saturated rings. The molecule has 0 unspecified atom stereocenters. The van der Waals surface area contributed by atoms with Gasteiger partial charge < -0.3 is 0 Å². The van der Waals surface area contributed by atoms with E-state index < -0.39 is 0 Å². The van der Waals surface area contributed by atoms with Crippen LogP contribution in [0.5, 0.6) is 0 Å². The molecule has 0 aliphatic rings. The molecule has 10 heavy (non-hydrogen) atoms. The van der Waals surface area contributed by atoms with Crippen LogP contribution in [0.2, 0.25) is 5.02 Å². The number of hydrogen-bond acceptors (Lipinski definition) is 2. The number of hydrogen-bond donors (Lipinski definition) is 0. The first kappa shape index (κ1) is 7.69. The van der Waals surface area contributed by atoms with Crippen molar-refractivity contribution in [1.82, 2.24) is 4.98 Å². The van der Waals surface area contributed by atoms with Gasteiger partial charge in [-0.05, 0) is 22.0 Å².